The average molecular weight is 247 g/mol. The van der Waals surface area contributed by atoms with Gasteiger partial charge in [0.2, 0.25) is 0 Å². The minimum absolute atomic E-state index is 0.383. The highest BCUT2D eigenvalue weighted by Gasteiger charge is 2.23. The Bertz CT molecular complexity index is 344. The first-order valence-electron chi connectivity index (χ1n) is 7.01. The number of aromatic nitrogens is 1. The fraction of sp³-hybridized carbons (Fsp3) is 0.667. The molecule has 1 unspecified atom stereocenters. The molecule has 3 nitrogen and oxygen atoms in total. The zero-order valence-electron chi connectivity index (χ0n) is 11.8. The first kappa shape index (κ1) is 13.5. The fourth-order valence-corrected chi connectivity index (χ4v) is 2.79. The van der Waals surface area contributed by atoms with Gasteiger partial charge in [-0.05, 0) is 64.4 Å². The second-order valence-electron chi connectivity index (χ2n) is 5.60. The Balaban J connectivity index is 1.85. The molecular weight excluding hydrogens is 222 g/mol. The first-order valence-corrected chi connectivity index (χ1v) is 7.01. The molecule has 0 bridgehead atoms. The van der Waals surface area contributed by atoms with Crippen LogP contribution in [0.4, 0.5) is 0 Å². The van der Waals surface area contributed by atoms with E-state index in [-0.39, 0.29) is 0 Å². The molecule has 0 aliphatic carbocycles. The van der Waals surface area contributed by atoms with Crippen LogP contribution in [-0.4, -0.2) is 36.1 Å². The van der Waals surface area contributed by atoms with Gasteiger partial charge in [0.05, 0.1) is 0 Å². The smallest absolute Gasteiger partial charge is 0.0315 e. The molecule has 100 valence electrons. The van der Waals surface area contributed by atoms with Crippen LogP contribution in [0.15, 0.2) is 24.5 Å². The third-order valence-corrected chi connectivity index (χ3v) is 4.17. The molecule has 1 fully saturated rings. The Kier molecular flexibility index (Phi) is 4.72. The van der Waals surface area contributed by atoms with E-state index in [2.05, 4.69) is 42.2 Å². The van der Waals surface area contributed by atoms with Crippen molar-refractivity contribution in [2.75, 3.05) is 20.1 Å². The predicted molar refractivity (Wildman–Crippen MR) is 75.5 cm³/mol. The normalized spacial score (nSPS) is 21.7. The van der Waals surface area contributed by atoms with Gasteiger partial charge in [-0.25, -0.2) is 0 Å². The van der Waals surface area contributed by atoms with Gasteiger partial charge in [0, 0.05) is 24.5 Å². The molecule has 18 heavy (non-hydrogen) atoms. The number of likely N-dealkylation sites (tertiary alicyclic amines) is 1. The van der Waals surface area contributed by atoms with Crippen molar-refractivity contribution in [1.82, 2.24) is 15.2 Å². The molecule has 2 rings (SSSR count). The van der Waals surface area contributed by atoms with Crippen LogP contribution < -0.4 is 5.32 Å². The van der Waals surface area contributed by atoms with Crippen molar-refractivity contribution in [2.24, 2.45) is 5.92 Å². The molecule has 0 amide bonds. The van der Waals surface area contributed by atoms with Crippen LogP contribution in [0.3, 0.4) is 0 Å². The molecule has 2 heterocycles. The van der Waals surface area contributed by atoms with Crippen LogP contribution in [-0.2, 0) is 0 Å². The molecule has 1 aromatic rings. The molecule has 0 aromatic carbocycles. The number of nitrogens with one attached hydrogen (secondary N) is 1. The lowest BCUT2D eigenvalue weighted by Gasteiger charge is -2.34. The van der Waals surface area contributed by atoms with Crippen LogP contribution in [0.2, 0.25) is 0 Å². The number of hydrogen-bond acceptors (Lipinski definition) is 3. The van der Waals surface area contributed by atoms with Gasteiger partial charge >= 0.3 is 0 Å². The molecule has 0 radical (unpaired) electrons. The Hall–Kier alpha value is -0.930. The largest absolute Gasteiger partial charge is 0.307 e. The monoisotopic (exact) mass is 247 g/mol. The maximum Gasteiger partial charge on any atom is 0.0315 e. The Morgan fingerprint density at radius 1 is 1.33 bits per heavy atom. The molecule has 3 heteroatoms. The molecule has 1 aliphatic heterocycles. The lowest BCUT2D eigenvalue weighted by atomic mass is 9.90. The van der Waals surface area contributed by atoms with Gasteiger partial charge in [-0.15, -0.1) is 0 Å². The van der Waals surface area contributed by atoms with E-state index in [0.717, 1.165) is 5.92 Å². The summed E-state index contributed by atoms with van der Waals surface area (Å²) in [7, 11) is 2.21. The molecule has 0 saturated carbocycles. The molecular formula is C15H25N3. The zero-order valence-corrected chi connectivity index (χ0v) is 11.8. The molecule has 1 aliphatic rings. The Labute approximate surface area is 111 Å². The summed E-state index contributed by atoms with van der Waals surface area (Å²) in [4.78, 5) is 6.61. The third-order valence-electron chi connectivity index (χ3n) is 4.17. The van der Waals surface area contributed by atoms with E-state index < -0.39 is 0 Å². The van der Waals surface area contributed by atoms with E-state index in [1.807, 2.05) is 18.5 Å². The quantitative estimate of drug-likeness (QED) is 0.886. The van der Waals surface area contributed by atoms with E-state index in [1.165, 1.54) is 31.5 Å². The number of pyridine rings is 1. The number of piperidine rings is 1. The Morgan fingerprint density at radius 3 is 2.67 bits per heavy atom. The van der Waals surface area contributed by atoms with E-state index in [0.29, 0.717) is 12.1 Å². The van der Waals surface area contributed by atoms with Crippen molar-refractivity contribution >= 4 is 0 Å². The molecule has 0 spiro atoms. The number of nitrogens with zero attached hydrogens (tertiary/aromatic N) is 2. The second-order valence-corrected chi connectivity index (χ2v) is 5.60. The molecule has 1 N–H and O–H groups in total. The van der Waals surface area contributed by atoms with E-state index in [4.69, 9.17) is 0 Å². The van der Waals surface area contributed by atoms with Gasteiger partial charge in [0.1, 0.15) is 0 Å². The van der Waals surface area contributed by atoms with E-state index >= 15 is 0 Å². The van der Waals surface area contributed by atoms with Crippen molar-refractivity contribution in [3.8, 4) is 0 Å². The minimum atomic E-state index is 0.383. The van der Waals surface area contributed by atoms with Crippen molar-refractivity contribution < 1.29 is 0 Å². The standard InChI is InChI=1S/C15H25N3/c1-12(14-6-9-18(3)10-7-14)17-13(2)15-5-4-8-16-11-15/h4-5,8,11-14,17H,6-7,9-10H2,1-3H3/t12?,13-/m1/s1. The molecule has 1 aromatic heterocycles. The van der Waals surface area contributed by atoms with Gasteiger partial charge in [0.25, 0.3) is 0 Å². The highest BCUT2D eigenvalue weighted by molar-refractivity contribution is 5.13. The fourth-order valence-electron chi connectivity index (χ4n) is 2.79. The van der Waals surface area contributed by atoms with Gasteiger partial charge < -0.3 is 10.2 Å². The van der Waals surface area contributed by atoms with E-state index in [9.17, 15) is 0 Å². The number of rotatable bonds is 4. The highest BCUT2D eigenvalue weighted by atomic mass is 15.1. The van der Waals surface area contributed by atoms with Crippen molar-refractivity contribution in [3.05, 3.63) is 30.1 Å². The number of hydrogen-bond donors (Lipinski definition) is 1. The van der Waals surface area contributed by atoms with Crippen molar-refractivity contribution in [1.29, 1.82) is 0 Å². The van der Waals surface area contributed by atoms with Crippen LogP contribution in [0, 0.1) is 5.92 Å². The van der Waals surface area contributed by atoms with Crippen molar-refractivity contribution in [3.63, 3.8) is 0 Å². The van der Waals surface area contributed by atoms with Crippen LogP contribution in [0.1, 0.15) is 38.3 Å². The average Bonchev–Trinajstić information content (AvgIpc) is 2.40. The van der Waals surface area contributed by atoms with Crippen LogP contribution in [0.5, 0.6) is 0 Å². The van der Waals surface area contributed by atoms with Gasteiger partial charge in [-0.2, -0.15) is 0 Å². The van der Waals surface area contributed by atoms with Crippen molar-refractivity contribution in [2.45, 2.75) is 38.8 Å². The summed E-state index contributed by atoms with van der Waals surface area (Å²) in [5, 5.41) is 3.72. The van der Waals surface area contributed by atoms with Crippen LogP contribution in [0.25, 0.3) is 0 Å². The minimum Gasteiger partial charge on any atom is -0.307 e. The lowest BCUT2D eigenvalue weighted by Crippen LogP contribution is -2.41. The summed E-state index contributed by atoms with van der Waals surface area (Å²) in [6, 6.07) is 5.11. The van der Waals surface area contributed by atoms with Gasteiger partial charge in [-0.1, -0.05) is 6.07 Å². The van der Waals surface area contributed by atoms with Crippen LogP contribution >= 0.6 is 0 Å². The summed E-state index contributed by atoms with van der Waals surface area (Å²) >= 11 is 0. The second kappa shape index (κ2) is 6.30. The summed E-state index contributed by atoms with van der Waals surface area (Å²) < 4.78 is 0. The predicted octanol–water partition coefficient (Wildman–Crippen LogP) is 2.46. The lowest BCUT2D eigenvalue weighted by molar-refractivity contribution is 0.185. The maximum absolute atomic E-state index is 4.19. The maximum atomic E-state index is 4.19. The molecule has 1 saturated heterocycles. The topological polar surface area (TPSA) is 28.2 Å². The Morgan fingerprint density at radius 2 is 2.06 bits per heavy atom. The summed E-state index contributed by atoms with van der Waals surface area (Å²) in [5.41, 5.74) is 1.28. The van der Waals surface area contributed by atoms with E-state index in [1.54, 1.807) is 0 Å². The first-order chi connectivity index (χ1) is 8.66. The zero-order chi connectivity index (χ0) is 13.0. The SMILES string of the molecule is CC(N[C@H](C)c1cccnc1)C1CCN(C)CC1. The summed E-state index contributed by atoms with van der Waals surface area (Å²) in [5.74, 6) is 0.806. The summed E-state index contributed by atoms with van der Waals surface area (Å²) in [6.45, 7) is 7.02. The third kappa shape index (κ3) is 3.53. The van der Waals surface area contributed by atoms with Gasteiger partial charge in [0.15, 0.2) is 0 Å². The highest BCUT2D eigenvalue weighted by Crippen LogP contribution is 2.22. The summed E-state index contributed by atoms with van der Waals surface area (Å²) in [6.07, 6.45) is 6.41. The molecule has 2 atom stereocenters. The van der Waals surface area contributed by atoms with Gasteiger partial charge in [-0.3, -0.25) is 4.98 Å².